The van der Waals surface area contributed by atoms with Crippen molar-refractivity contribution in [2.24, 2.45) is 5.92 Å². The number of rotatable bonds is 0. The molecule has 1 atom stereocenters. The van der Waals surface area contributed by atoms with Crippen LogP contribution in [0.4, 0.5) is 8.78 Å². The molecule has 1 heterocycles. The second-order valence-corrected chi connectivity index (χ2v) is 2.41. The Labute approximate surface area is 70.0 Å². The highest BCUT2D eigenvalue weighted by Gasteiger charge is 2.41. The van der Waals surface area contributed by atoms with Crippen molar-refractivity contribution in [2.45, 2.75) is 12.3 Å². The van der Waals surface area contributed by atoms with Crippen LogP contribution in [-0.2, 0) is 0 Å². The predicted molar refractivity (Wildman–Crippen MR) is 38.8 cm³/mol. The number of nitrogens with zero attached hydrogens (tertiary/aromatic N) is 1. The summed E-state index contributed by atoms with van der Waals surface area (Å²) >= 11 is 0. The SMILES string of the molecule is Cl.N#CC1CCNCC1(F)F. The minimum Gasteiger partial charge on any atom is -0.311 e. The molecule has 0 amide bonds. The Balaban J connectivity index is 0.000001000. The molecule has 1 aliphatic heterocycles. The Hall–Kier alpha value is -0.400. The van der Waals surface area contributed by atoms with E-state index in [1.54, 1.807) is 6.07 Å². The maximum atomic E-state index is 12.6. The van der Waals surface area contributed by atoms with Crippen molar-refractivity contribution in [2.75, 3.05) is 13.1 Å². The molecule has 0 spiro atoms. The molecule has 1 fully saturated rings. The van der Waals surface area contributed by atoms with E-state index in [1.807, 2.05) is 0 Å². The zero-order valence-corrected chi connectivity index (χ0v) is 6.63. The standard InChI is InChI=1S/C6H8F2N2.ClH/c7-6(8)4-10-2-1-5(6)3-9;/h5,10H,1-2,4H2;1H. The Kier molecular flexibility index (Phi) is 3.70. The van der Waals surface area contributed by atoms with E-state index in [2.05, 4.69) is 5.32 Å². The first-order valence-electron chi connectivity index (χ1n) is 3.15. The molecule has 1 N–H and O–H groups in total. The highest BCUT2D eigenvalue weighted by atomic mass is 35.5. The number of nitrogens with one attached hydrogen (secondary N) is 1. The minimum atomic E-state index is -2.83. The molecule has 64 valence electrons. The summed E-state index contributed by atoms with van der Waals surface area (Å²) in [5, 5.41) is 10.8. The van der Waals surface area contributed by atoms with Crippen LogP contribution in [0.2, 0.25) is 0 Å². The van der Waals surface area contributed by atoms with E-state index in [-0.39, 0.29) is 25.4 Å². The Morgan fingerprint density at radius 3 is 2.55 bits per heavy atom. The highest BCUT2D eigenvalue weighted by Crippen LogP contribution is 2.28. The fourth-order valence-corrected chi connectivity index (χ4v) is 0.995. The molecule has 0 saturated carbocycles. The van der Waals surface area contributed by atoms with Gasteiger partial charge in [0.15, 0.2) is 0 Å². The van der Waals surface area contributed by atoms with Gasteiger partial charge < -0.3 is 5.32 Å². The fourth-order valence-electron chi connectivity index (χ4n) is 0.995. The summed E-state index contributed by atoms with van der Waals surface area (Å²) in [5.41, 5.74) is 0. The van der Waals surface area contributed by atoms with Crippen LogP contribution in [-0.4, -0.2) is 19.0 Å². The quantitative estimate of drug-likeness (QED) is 0.611. The van der Waals surface area contributed by atoms with Crippen LogP contribution in [0.15, 0.2) is 0 Å². The third kappa shape index (κ3) is 2.28. The Morgan fingerprint density at radius 2 is 2.18 bits per heavy atom. The van der Waals surface area contributed by atoms with Gasteiger partial charge >= 0.3 is 0 Å². The summed E-state index contributed by atoms with van der Waals surface area (Å²) in [7, 11) is 0. The van der Waals surface area contributed by atoms with Crippen LogP contribution in [0.3, 0.4) is 0 Å². The second kappa shape index (κ2) is 3.84. The molecular formula is C6H9ClF2N2. The largest absolute Gasteiger partial charge is 0.311 e. The second-order valence-electron chi connectivity index (χ2n) is 2.41. The number of hydrogen-bond acceptors (Lipinski definition) is 2. The molecule has 1 unspecified atom stereocenters. The van der Waals surface area contributed by atoms with Crippen molar-refractivity contribution >= 4 is 12.4 Å². The lowest BCUT2D eigenvalue weighted by atomic mass is 9.96. The predicted octanol–water partition coefficient (Wildman–Crippen LogP) is 1.18. The van der Waals surface area contributed by atoms with Gasteiger partial charge in [-0.2, -0.15) is 5.26 Å². The van der Waals surface area contributed by atoms with Gasteiger partial charge in [-0.05, 0) is 13.0 Å². The first-order valence-corrected chi connectivity index (χ1v) is 3.15. The lowest BCUT2D eigenvalue weighted by Crippen LogP contribution is -2.45. The third-order valence-electron chi connectivity index (χ3n) is 1.64. The lowest BCUT2D eigenvalue weighted by Gasteiger charge is -2.26. The van der Waals surface area contributed by atoms with Gasteiger partial charge in [0.2, 0.25) is 0 Å². The zero-order valence-electron chi connectivity index (χ0n) is 5.81. The molecule has 0 aromatic carbocycles. The van der Waals surface area contributed by atoms with Crippen molar-refractivity contribution < 1.29 is 8.78 Å². The van der Waals surface area contributed by atoms with E-state index in [1.165, 1.54) is 0 Å². The molecule has 1 saturated heterocycles. The molecule has 0 radical (unpaired) electrons. The average molecular weight is 183 g/mol. The molecule has 1 rings (SSSR count). The summed E-state index contributed by atoms with van der Waals surface area (Å²) in [6.45, 7) is 0.166. The van der Waals surface area contributed by atoms with E-state index in [0.29, 0.717) is 6.54 Å². The van der Waals surface area contributed by atoms with Crippen molar-refractivity contribution in [3.05, 3.63) is 0 Å². The Bertz CT molecular complexity index is 166. The van der Waals surface area contributed by atoms with Gasteiger partial charge in [0.25, 0.3) is 5.92 Å². The van der Waals surface area contributed by atoms with Crippen LogP contribution in [0.25, 0.3) is 0 Å². The maximum Gasteiger partial charge on any atom is 0.275 e. The maximum absolute atomic E-state index is 12.6. The van der Waals surface area contributed by atoms with Crippen molar-refractivity contribution in [3.8, 4) is 6.07 Å². The Morgan fingerprint density at radius 1 is 1.55 bits per heavy atom. The van der Waals surface area contributed by atoms with Crippen molar-refractivity contribution in [1.82, 2.24) is 5.32 Å². The van der Waals surface area contributed by atoms with Gasteiger partial charge in [0.05, 0.1) is 12.6 Å². The summed E-state index contributed by atoms with van der Waals surface area (Å²) in [6.07, 6.45) is 0.253. The third-order valence-corrected chi connectivity index (χ3v) is 1.64. The molecule has 0 aliphatic carbocycles. The van der Waals surface area contributed by atoms with Crippen molar-refractivity contribution in [3.63, 3.8) is 0 Å². The normalized spacial score (nSPS) is 28.3. The smallest absolute Gasteiger partial charge is 0.275 e. The van der Waals surface area contributed by atoms with Crippen LogP contribution in [0, 0.1) is 17.2 Å². The monoisotopic (exact) mass is 182 g/mol. The summed E-state index contributed by atoms with van der Waals surface area (Å²) in [5.74, 6) is -3.92. The number of nitriles is 1. The lowest BCUT2D eigenvalue weighted by molar-refractivity contribution is -0.0518. The molecule has 0 bridgehead atoms. The first kappa shape index (κ1) is 10.6. The molecule has 5 heteroatoms. The van der Waals surface area contributed by atoms with Crippen LogP contribution in [0.5, 0.6) is 0 Å². The van der Waals surface area contributed by atoms with Gasteiger partial charge in [-0.25, -0.2) is 8.78 Å². The molecule has 0 aromatic rings. The van der Waals surface area contributed by atoms with Gasteiger partial charge in [-0.1, -0.05) is 0 Å². The van der Waals surface area contributed by atoms with E-state index >= 15 is 0 Å². The topological polar surface area (TPSA) is 35.8 Å². The zero-order chi connectivity index (χ0) is 7.61. The highest BCUT2D eigenvalue weighted by molar-refractivity contribution is 5.85. The molecule has 0 aromatic heterocycles. The summed E-state index contributed by atoms with van der Waals surface area (Å²) in [6, 6.07) is 1.60. The summed E-state index contributed by atoms with van der Waals surface area (Å²) < 4.78 is 25.2. The number of piperidine rings is 1. The van der Waals surface area contributed by atoms with E-state index < -0.39 is 11.8 Å². The van der Waals surface area contributed by atoms with Gasteiger partial charge in [0, 0.05) is 0 Å². The average Bonchev–Trinajstić information content (AvgIpc) is 1.87. The van der Waals surface area contributed by atoms with Crippen LogP contribution < -0.4 is 5.32 Å². The van der Waals surface area contributed by atoms with Crippen LogP contribution >= 0.6 is 12.4 Å². The summed E-state index contributed by atoms with van der Waals surface area (Å²) in [4.78, 5) is 0. The first-order chi connectivity index (χ1) is 4.67. The van der Waals surface area contributed by atoms with Crippen LogP contribution in [0.1, 0.15) is 6.42 Å². The molecule has 1 aliphatic rings. The fraction of sp³-hybridized carbons (Fsp3) is 0.833. The minimum absolute atomic E-state index is 0. The number of hydrogen-bond donors (Lipinski definition) is 1. The number of halogens is 3. The molecular weight excluding hydrogens is 174 g/mol. The molecule has 11 heavy (non-hydrogen) atoms. The van der Waals surface area contributed by atoms with E-state index in [4.69, 9.17) is 5.26 Å². The molecule has 2 nitrogen and oxygen atoms in total. The van der Waals surface area contributed by atoms with E-state index in [9.17, 15) is 8.78 Å². The van der Waals surface area contributed by atoms with Gasteiger partial charge in [0.1, 0.15) is 5.92 Å². The number of alkyl halides is 2. The van der Waals surface area contributed by atoms with Gasteiger partial charge in [-0.3, -0.25) is 0 Å². The van der Waals surface area contributed by atoms with E-state index in [0.717, 1.165) is 0 Å². The van der Waals surface area contributed by atoms with Gasteiger partial charge in [-0.15, -0.1) is 12.4 Å². The van der Waals surface area contributed by atoms with Crippen molar-refractivity contribution in [1.29, 1.82) is 5.26 Å².